The van der Waals surface area contributed by atoms with Gasteiger partial charge in [-0.3, -0.25) is 9.59 Å². The summed E-state index contributed by atoms with van der Waals surface area (Å²) in [6, 6.07) is 7.78. The number of carbonyl (C=O) groups excluding carboxylic acids is 2. The maximum atomic E-state index is 12.8. The van der Waals surface area contributed by atoms with E-state index in [0.29, 0.717) is 12.1 Å². The van der Waals surface area contributed by atoms with Crippen LogP contribution >= 0.6 is 15.9 Å². The Morgan fingerprint density at radius 3 is 2.44 bits per heavy atom. The van der Waals surface area contributed by atoms with Crippen LogP contribution in [0.25, 0.3) is 0 Å². The highest BCUT2D eigenvalue weighted by Gasteiger charge is 2.57. The minimum atomic E-state index is -0.812. The van der Waals surface area contributed by atoms with Crippen LogP contribution in [0.1, 0.15) is 51.9 Å². The summed E-state index contributed by atoms with van der Waals surface area (Å²) >= 11 is 4.00. The lowest BCUT2D eigenvalue weighted by Crippen LogP contribution is -2.53. The number of hydrogen-bond acceptors (Lipinski definition) is 5. The summed E-state index contributed by atoms with van der Waals surface area (Å²) in [5, 5.41) is 2.88. The van der Waals surface area contributed by atoms with Crippen molar-refractivity contribution in [3.63, 3.8) is 0 Å². The molecule has 3 atom stereocenters. The van der Waals surface area contributed by atoms with Gasteiger partial charge >= 0.3 is 5.97 Å². The van der Waals surface area contributed by atoms with Gasteiger partial charge < -0.3 is 19.7 Å². The molecule has 5 fully saturated rings. The van der Waals surface area contributed by atoms with E-state index in [1.807, 2.05) is 24.3 Å². The molecule has 174 valence electrons. The van der Waals surface area contributed by atoms with Gasteiger partial charge in [-0.25, -0.2) is 0 Å². The molecule has 1 saturated heterocycles. The maximum absolute atomic E-state index is 12.8. The van der Waals surface area contributed by atoms with E-state index in [1.165, 1.54) is 19.3 Å². The van der Waals surface area contributed by atoms with Crippen molar-refractivity contribution in [2.45, 2.75) is 62.3 Å². The van der Waals surface area contributed by atoms with Crippen molar-refractivity contribution in [3.8, 4) is 0 Å². The van der Waals surface area contributed by atoms with E-state index in [-0.39, 0.29) is 21.6 Å². The third kappa shape index (κ3) is 4.69. The summed E-state index contributed by atoms with van der Waals surface area (Å²) < 4.78 is 11.2. The van der Waals surface area contributed by atoms with Crippen molar-refractivity contribution in [1.29, 1.82) is 0 Å². The maximum Gasteiger partial charge on any atom is 0.307 e. The lowest BCUT2D eigenvalue weighted by Gasteiger charge is -2.60. The lowest BCUT2D eigenvalue weighted by atomic mass is 9.49. The van der Waals surface area contributed by atoms with E-state index in [9.17, 15) is 9.59 Å². The lowest BCUT2D eigenvalue weighted by molar-refractivity contribution is -0.159. The number of amides is 1. The Morgan fingerprint density at radius 1 is 1.16 bits per heavy atom. The summed E-state index contributed by atoms with van der Waals surface area (Å²) in [6.45, 7) is 4.87. The topological polar surface area (TPSA) is 67.9 Å². The third-order valence-electron chi connectivity index (χ3n) is 7.82. The molecule has 1 amide bonds. The van der Waals surface area contributed by atoms with E-state index in [1.54, 1.807) is 6.92 Å². The van der Waals surface area contributed by atoms with Crippen LogP contribution in [-0.4, -0.2) is 48.6 Å². The minimum Gasteiger partial charge on any atom is -0.453 e. The monoisotopic (exact) mass is 504 g/mol. The van der Waals surface area contributed by atoms with Gasteiger partial charge in [-0.1, -0.05) is 15.9 Å². The number of rotatable bonds is 6. The Hall–Kier alpha value is -1.60. The van der Waals surface area contributed by atoms with Crippen LogP contribution < -0.4 is 10.2 Å². The summed E-state index contributed by atoms with van der Waals surface area (Å²) in [7, 11) is 0. The molecule has 7 heteroatoms. The Bertz CT molecular complexity index is 853. The molecule has 4 saturated carbocycles. The number of nitrogens with zero attached hydrogens (tertiary/aromatic N) is 1. The molecule has 1 aliphatic heterocycles. The number of morpholine rings is 1. The smallest absolute Gasteiger partial charge is 0.307 e. The van der Waals surface area contributed by atoms with Crippen LogP contribution in [0.4, 0.5) is 11.4 Å². The van der Waals surface area contributed by atoms with Crippen LogP contribution in [0.5, 0.6) is 0 Å². The number of hydrogen-bond donors (Lipinski definition) is 1. The highest BCUT2D eigenvalue weighted by molar-refractivity contribution is 9.10. The molecule has 6 rings (SSSR count). The fraction of sp³-hybridized carbons (Fsp3) is 0.680. The van der Waals surface area contributed by atoms with Gasteiger partial charge in [0.2, 0.25) is 0 Å². The van der Waals surface area contributed by atoms with Gasteiger partial charge in [0, 0.05) is 28.8 Å². The standard InChI is InChI=1S/C25H33BrN2O4/c1-17(23(30)27-20-2-4-21(5-3-20)28-6-8-31-9-7-28)32-22(29)15-24-11-18-10-19(12-24)14-25(26,13-18)16-24/h2-5,17-19H,6-16H2,1H3,(H,27,30)/t17-,18-,19-,24?,25?/m1/s1. The van der Waals surface area contributed by atoms with Crippen molar-refractivity contribution in [1.82, 2.24) is 0 Å². The summed E-state index contributed by atoms with van der Waals surface area (Å²) in [6.07, 6.45) is 6.72. The molecule has 0 radical (unpaired) electrons. The van der Waals surface area contributed by atoms with Gasteiger partial charge in [-0.05, 0) is 87.0 Å². The first-order chi connectivity index (χ1) is 15.3. The summed E-state index contributed by atoms with van der Waals surface area (Å²) in [5.41, 5.74) is 1.87. The van der Waals surface area contributed by atoms with Gasteiger partial charge in [0.15, 0.2) is 6.10 Å². The molecule has 1 aromatic carbocycles. The predicted molar refractivity (Wildman–Crippen MR) is 127 cm³/mol. The fourth-order valence-corrected chi connectivity index (χ4v) is 8.47. The molecule has 5 aliphatic rings. The molecule has 0 spiro atoms. The van der Waals surface area contributed by atoms with Crippen molar-refractivity contribution in [2.24, 2.45) is 17.3 Å². The molecule has 0 aromatic heterocycles. The highest BCUT2D eigenvalue weighted by Crippen LogP contribution is 2.65. The number of anilines is 2. The molecule has 6 nitrogen and oxygen atoms in total. The third-order valence-corrected chi connectivity index (χ3v) is 8.75. The predicted octanol–water partition coefficient (Wildman–Crippen LogP) is 4.52. The Kier molecular flexibility index (Phi) is 5.99. The van der Waals surface area contributed by atoms with E-state index in [4.69, 9.17) is 9.47 Å². The fourth-order valence-electron chi connectivity index (χ4n) is 6.96. The summed E-state index contributed by atoms with van der Waals surface area (Å²) in [4.78, 5) is 27.7. The second-order valence-electron chi connectivity index (χ2n) is 10.6. The second-order valence-corrected chi connectivity index (χ2v) is 12.2. The highest BCUT2D eigenvalue weighted by atomic mass is 79.9. The zero-order chi connectivity index (χ0) is 22.3. The quantitative estimate of drug-likeness (QED) is 0.455. The molecular weight excluding hydrogens is 472 g/mol. The largest absolute Gasteiger partial charge is 0.453 e. The van der Waals surface area contributed by atoms with Crippen molar-refractivity contribution < 1.29 is 19.1 Å². The molecule has 1 aromatic rings. The number of nitrogens with one attached hydrogen (secondary N) is 1. The first-order valence-corrected chi connectivity index (χ1v) is 12.7. The van der Waals surface area contributed by atoms with E-state index in [2.05, 4.69) is 26.1 Å². The zero-order valence-electron chi connectivity index (χ0n) is 18.8. The molecule has 0 unspecified atom stereocenters. The number of esters is 1. The number of halogens is 1. The molecule has 4 bridgehead atoms. The number of ether oxygens (including phenoxy) is 2. The second kappa shape index (κ2) is 8.64. The van der Waals surface area contributed by atoms with Gasteiger partial charge in [0.05, 0.1) is 19.6 Å². The Morgan fingerprint density at radius 2 is 1.81 bits per heavy atom. The normalized spacial score (nSPS) is 34.2. The van der Waals surface area contributed by atoms with Crippen LogP contribution in [0, 0.1) is 17.3 Å². The van der Waals surface area contributed by atoms with E-state index < -0.39 is 6.10 Å². The first-order valence-electron chi connectivity index (χ1n) is 11.9. The van der Waals surface area contributed by atoms with Crippen molar-refractivity contribution in [2.75, 3.05) is 36.5 Å². The molecule has 32 heavy (non-hydrogen) atoms. The average molecular weight is 505 g/mol. The van der Waals surface area contributed by atoms with Crippen LogP contribution in [-0.2, 0) is 19.1 Å². The first kappa shape index (κ1) is 22.2. The van der Waals surface area contributed by atoms with Crippen molar-refractivity contribution in [3.05, 3.63) is 24.3 Å². The van der Waals surface area contributed by atoms with Crippen LogP contribution in [0.2, 0.25) is 0 Å². The van der Waals surface area contributed by atoms with Gasteiger partial charge in [0.1, 0.15) is 0 Å². The van der Waals surface area contributed by atoms with Crippen LogP contribution in [0.15, 0.2) is 24.3 Å². The number of benzene rings is 1. The molecule has 1 N–H and O–H groups in total. The van der Waals surface area contributed by atoms with Crippen molar-refractivity contribution >= 4 is 39.2 Å². The van der Waals surface area contributed by atoms with E-state index >= 15 is 0 Å². The zero-order valence-corrected chi connectivity index (χ0v) is 20.4. The van der Waals surface area contributed by atoms with Gasteiger partial charge in [0.25, 0.3) is 5.91 Å². The van der Waals surface area contributed by atoms with Gasteiger partial charge in [-0.2, -0.15) is 0 Å². The Labute approximate surface area is 198 Å². The summed E-state index contributed by atoms with van der Waals surface area (Å²) in [5.74, 6) is 0.919. The molecule has 4 aliphatic carbocycles. The Balaban J connectivity index is 1.13. The molecule has 1 heterocycles. The minimum absolute atomic E-state index is 0.0518. The number of carbonyl (C=O) groups is 2. The van der Waals surface area contributed by atoms with Gasteiger partial charge in [-0.15, -0.1) is 0 Å². The molecular formula is C25H33BrN2O4. The van der Waals surface area contributed by atoms with Crippen LogP contribution in [0.3, 0.4) is 0 Å². The van der Waals surface area contributed by atoms with E-state index in [0.717, 1.165) is 63.1 Å². The SMILES string of the molecule is C[C@@H](OC(=O)CC12C[C@H]3C[C@@H](CC(Br)(C3)C1)C2)C(=O)Nc1ccc(N2CCOCC2)cc1. The average Bonchev–Trinajstić information content (AvgIpc) is 2.72. The number of alkyl halides is 1.